The topological polar surface area (TPSA) is 75.1 Å². The molecule has 1 aromatic rings. The molecule has 0 unspecified atom stereocenters. The molecule has 0 atom stereocenters. The summed E-state index contributed by atoms with van der Waals surface area (Å²) in [6.45, 7) is 0.323. The first-order chi connectivity index (χ1) is 8.03. The van der Waals surface area contributed by atoms with Crippen molar-refractivity contribution in [2.45, 2.75) is 19.3 Å². The van der Waals surface area contributed by atoms with Crippen LogP contribution in [0.2, 0.25) is 10.3 Å². The SMILES string of the molecule is O=C(O)C1(CNc2cc(Cl)nnc2Cl)CCC1. The van der Waals surface area contributed by atoms with Gasteiger partial charge in [-0.2, -0.15) is 0 Å². The number of carboxylic acid groups (broad SMARTS) is 1. The van der Waals surface area contributed by atoms with Crippen LogP contribution in [0.25, 0.3) is 0 Å². The van der Waals surface area contributed by atoms with Crippen LogP contribution < -0.4 is 5.32 Å². The third kappa shape index (κ3) is 2.45. The molecule has 0 bridgehead atoms. The van der Waals surface area contributed by atoms with Crippen molar-refractivity contribution in [3.63, 3.8) is 0 Å². The van der Waals surface area contributed by atoms with Crippen LogP contribution in [0.15, 0.2) is 6.07 Å². The number of carbonyl (C=O) groups is 1. The lowest BCUT2D eigenvalue weighted by Crippen LogP contribution is -2.43. The van der Waals surface area contributed by atoms with E-state index in [1.807, 2.05) is 0 Å². The van der Waals surface area contributed by atoms with Crippen LogP contribution >= 0.6 is 23.2 Å². The molecule has 1 aliphatic rings. The predicted octanol–water partition coefficient (Wildman–Crippen LogP) is 2.45. The zero-order chi connectivity index (χ0) is 12.5. The second-order valence-electron chi connectivity index (χ2n) is 4.16. The summed E-state index contributed by atoms with van der Waals surface area (Å²) >= 11 is 11.5. The van der Waals surface area contributed by atoms with E-state index in [0.29, 0.717) is 25.1 Å². The van der Waals surface area contributed by atoms with Crippen LogP contribution in [0.5, 0.6) is 0 Å². The van der Waals surface area contributed by atoms with Gasteiger partial charge < -0.3 is 10.4 Å². The van der Waals surface area contributed by atoms with Crippen molar-refractivity contribution < 1.29 is 9.90 Å². The van der Waals surface area contributed by atoms with Gasteiger partial charge in [0.1, 0.15) is 0 Å². The molecule has 92 valence electrons. The lowest BCUT2D eigenvalue weighted by atomic mass is 9.69. The molecule has 0 saturated heterocycles. The number of carboxylic acids is 1. The quantitative estimate of drug-likeness (QED) is 0.883. The summed E-state index contributed by atoms with van der Waals surface area (Å²) in [6.07, 6.45) is 2.30. The second-order valence-corrected chi connectivity index (χ2v) is 4.91. The number of anilines is 1. The Labute approximate surface area is 108 Å². The van der Waals surface area contributed by atoms with Gasteiger partial charge in [0.25, 0.3) is 0 Å². The van der Waals surface area contributed by atoms with Gasteiger partial charge in [0.05, 0.1) is 11.1 Å². The van der Waals surface area contributed by atoms with Gasteiger partial charge in [0, 0.05) is 12.6 Å². The summed E-state index contributed by atoms with van der Waals surface area (Å²) in [5.41, 5.74) is -0.168. The molecule has 7 heteroatoms. The maximum atomic E-state index is 11.1. The Kier molecular flexibility index (Phi) is 3.40. The van der Waals surface area contributed by atoms with Gasteiger partial charge in [0.2, 0.25) is 0 Å². The molecular weight excluding hydrogens is 265 g/mol. The number of aliphatic carboxylic acids is 1. The Morgan fingerprint density at radius 1 is 1.47 bits per heavy atom. The smallest absolute Gasteiger partial charge is 0.311 e. The Balaban J connectivity index is 2.07. The highest BCUT2D eigenvalue weighted by Gasteiger charge is 2.44. The van der Waals surface area contributed by atoms with Crippen LogP contribution in [0.3, 0.4) is 0 Å². The molecule has 2 rings (SSSR count). The van der Waals surface area contributed by atoms with Crippen molar-refractivity contribution in [1.82, 2.24) is 10.2 Å². The largest absolute Gasteiger partial charge is 0.481 e. The molecule has 5 nitrogen and oxygen atoms in total. The van der Waals surface area contributed by atoms with Gasteiger partial charge in [-0.05, 0) is 12.8 Å². The number of hydrogen-bond donors (Lipinski definition) is 2. The third-order valence-electron chi connectivity index (χ3n) is 3.10. The van der Waals surface area contributed by atoms with E-state index < -0.39 is 11.4 Å². The fraction of sp³-hybridized carbons (Fsp3) is 0.500. The van der Waals surface area contributed by atoms with E-state index >= 15 is 0 Å². The number of nitrogens with zero attached hydrogens (tertiary/aromatic N) is 2. The van der Waals surface area contributed by atoms with Crippen molar-refractivity contribution in [3.05, 3.63) is 16.4 Å². The first-order valence-electron chi connectivity index (χ1n) is 5.19. The van der Waals surface area contributed by atoms with E-state index in [1.54, 1.807) is 0 Å². The number of halogens is 2. The Hall–Kier alpha value is -1.07. The van der Waals surface area contributed by atoms with Crippen LogP contribution in [-0.2, 0) is 4.79 Å². The molecular formula is C10H11Cl2N3O2. The summed E-state index contributed by atoms with van der Waals surface area (Å²) in [5, 5.41) is 19.8. The minimum Gasteiger partial charge on any atom is -0.481 e. The first-order valence-corrected chi connectivity index (χ1v) is 5.95. The molecule has 1 heterocycles. The Morgan fingerprint density at radius 2 is 2.18 bits per heavy atom. The Bertz CT molecular complexity index is 449. The molecule has 1 aromatic heterocycles. The van der Waals surface area contributed by atoms with Gasteiger partial charge in [-0.15, -0.1) is 10.2 Å². The molecule has 0 radical (unpaired) electrons. The van der Waals surface area contributed by atoms with Crippen molar-refractivity contribution in [2.24, 2.45) is 5.41 Å². The van der Waals surface area contributed by atoms with Crippen LogP contribution in [0.4, 0.5) is 5.69 Å². The molecule has 0 spiro atoms. The maximum absolute atomic E-state index is 11.1. The van der Waals surface area contributed by atoms with Crippen molar-refractivity contribution >= 4 is 34.9 Å². The lowest BCUT2D eigenvalue weighted by Gasteiger charge is -2.37. The predicted molar refractivity (Wildman–Crippen MR) is 64.5 cm³/mol. The van der Waals surface area contributed by atoms with Crippen LogP contribution in [-0.4, -0.2) is 27.8 Å². The van der Waals surface area contributed by atoms with E-state index in [1.165, 1.54) is 6.07 Å². The molecule has 0 amide bonds. The zero-order valence-corrected chi connectivity index (χ0v) is 10.4. The van der Waals surface area contributed by atoms with E-state index in [4.69, 9.17) is 28.3 Å². The molecule has 2 N–H and O–H groups in total. The van der Waals surface area contributed by atoms with Gasteiger partial charge in [-0.1, -0.05) is 29.6 Å². The van der Waals surface area contributed by atoms with E-state index in [2.05, 4.69) is 15.5 Å². The first kappa shape index (κ1) is 12.4. The summed E-state index contributed by atoms with van der Waals surface area (Å²) < 4.78 is 0. The average Bonchev–Trinajstić information content (AvgIpc) is 2.21. The standard InChI is InChI=1S/C10H11Cl2N3O2/c11-7-4-6(8(12)15-14-7)13-5-10(9(16)17)2-1-3-10/h4H,1-3,5H2,(H,13,14)(H,16,17). The Morgan fingerprint density at radius 3 is 2.71 bits per heavy atom. The average molecular weight is 276 g/mol. The summed E-state index contributed by atoms with van der Waals surface area (Å²) in [7, 11) is 0. The molecule has 1 saturated carbocycles. The zero-order valence-electron chi connectivity index (χ0n) is 8.91. The minimum atomic E-state index is -0.777. The van der Waals surface area contributed by atoms with Crippen molar-refractivity contribution in [2.75, 3.05) is 11.9 Å². The summed E-state index contributed by atoms with van der Waals surface area (Å²) in [4.78, 5) is 11.1. The van der Waals surface area contributed by atoms with Crippen molar-refractivity contribution in [1.29, 1.82) is 0 Å². The molecule has 1 aliphatic carbocycles. The monoisotopic (exact) mass is 275 g/mol. The van der Waals surface area contributed by atoms with Gasteiger partial charge in [-0.25, -0.2) is 0 Å². The van der Waals surface area contributed by atoms with Gasteiger partial charge >= 0.3 is 5.97 Å². The molecule has 0 aromatic carbocycles. The molecule has 1 fully saturated rings. The highest BCUT2D eigenvalue weighted by atomic mass is 35.5. The van der Waals surface area contributed by atoms with Crippen molar-refractivity contribution in [3.8, 4) is 0 Å². The number of nitrogens with one attached hydrogen (secondary N) is 1. The fourth-order valence-corrected chi connectivity index (χ4v) is 2.12. The van der Waals surface area contributed by atoms with Gasteiger partial charge in [-0.3, -0.25) is 4.79 Å². The van der Waals surface area contributed by atoms with E-state index in [9.17, 15) is 4.79 Å². The number of hydrogen-bond acceptors (Lipinski definition) is 4. The third-order valence-corrected chi connectivity index (χ3v) is 3.56. The summed E-state index contributed by atoms with van der Waals surface area (Å²) in [5.74, 6) is -0.777. The van der Waals surface area contributed by atoms with Crippen LogP contribution in [0, 0.1) is 5.41 Å². The molecule has 17 heavy (non-hydrogen) atoms. The lowest BCUT2D eigenvalue weighted by molar-refractivity contribution is -0.153. The highest BCUT2D eigenvalue weighted by molar-refractivity contribution is 6.33. The molecule has 0 aliphatic heterocycles. The van der Waals surface area contributed by atoms with E-state index in [0.717, 1.165) is 6.42 Å². The normalized spacial score (nSPS) is 17.3. The van der Waals surface area contributed by atoms with Crippen LogP contribution in [0.1, 0.15) is 19.3 Å². The minimum absolute atomic E-state index is 0.189. The van der Waals surface area contributed by atoms with Gasteiger partial charge in [0.15, 0.2) is 10.3 Å². The fourth-order valence-electron chi connectivity index (χ4n) is 1.81. The highest BCUT2D eigenvalue weighted by Crippen LogP contribution is 2.41. The second kappa shape index (κ2) is 4.66. The number of rotatable bonds is 4. The van der Waals surface area contributed by atoms with E-state index in [-0.39, 0.29) is 10.3 Å². The summed E-state index contributed by atoms with van der Waals surface area (Å²) in [6, 6.07) is 1.53. The number of aromatic nitrogens is 2. The maximum Gasteiger partial charge on any atom is 0.311 e.